The molecule has 1 fully saturated rings. The van der Waals surface area contributed by atoms with Gasteiger partial charge >= 0.3 is 0 Å². The molecule has 3 nitrogen and oxygen atoms in total. The summed E-state index contributed by atoms with van der Waals surface area (Å²) < 4.78 is 33.3. The standard InChI is InChI=1S/C14H16BrF2NO2/c1-2-20-10-3-5-18(6-4-10)14(19)13-11(16)7-9(15)8-12(13)17/h7-8,10H,2-6H2,1H3. The molecule has 0 aromatic heterocycles. The van der Waals surface area contributed by atoms with E-state index in [-0.39, 0.29) is 10.6 Å². The summed E-state index contributed by atoms with van der Waals surface area (Å²) in [6.45, 7) is 3.47. The highest BCUT2D eigenvalue weighted by Crippen LogP contribution is 2.23. The second-order valence-corrected chi connectivity index (χ2v) is 5.61. The van der Waals surface area contributed by atoms with Crippen molar-refractivity contribution < 1.29 is 18.3 Å². The summed E-state index contributed by atoms with van der Waals surface area (Å²) in [5, 5.41) is 0. The van der Waals surface area contributed by atoms with Crippen molar-refractivity contribution >= 4 is 21.8 Å². The number of piperidine rings is 1. The van der Waals surface area contributed by atoms with E-state index in [9.17, 15) is 13.6 Å². The Bertz CT molecular complexity index is 479. The van der Waals surface area contributed by atoms with Gasteiger partial charge in [-0.3, -0.25) is 4.79 Å². The van der Waals surface area contributed by atoms with E-state index in [1.807, 2.05) is 6.92 Å². The van der Waals surface area contributed by atoms with Gasteiger partial charge < -0.3 is 9.64 Å². The summed E-state index contributed by atoms with van der Waals surface area (Å²) in [5.74, 6) is -2.27. The molecule has 1 heterocycles. The fourth-order valence-corrected chi connectivity index (χ4v) is 2.77. The molecule has 0 atom stereocenters. The number of nitrogens with zero attached hydrogens (tertiary/aromatic N) is 1. The van der Waals surface area contributed by atoms with Gasteiger partial charge in [-0.15, -0.1) is 0 Å². The zero-order chi connectivity index (χ0) is 14.7. The monoisotopic (exact) mass is 347 g/mol. The first-order chi connectivity index (χ1) is 9.52. The van der Waals surface area contributed by atoms with Crippen LogP contribution in [0.15, 0.2) is 16.6 Å². The second kappa shape index (κ2) is 6.63. The van der Waals surface area contributed by atoms with Crippen molar-refractivity contribution in [3.05, 3.63) is 33.8 Å². The van der Waals surface area contributed by atoms with E-state index in [1.165, 1.54) is 4.90 Å². The smallest absolute Gasteiger partial charge is 0.259 e. The summed E-state index contributed by atoms with van der Waals surface area (Å²) >= 11 is 3.00. The molecule has 0 unspecified atom stereocenters. The highest BCUT2D eigenvalue weighted by Gasteiger charge is 2.27. The van der Waals surface area contributed by atoms with Crippen LogP contribution in [-0.2, 0) is 4.74 Å². The molecule has 1 saturated heterocycles. The van der Waals surface area contributed by atoms with E-state index in [1.54, 1.807) is 0 Å². The van der Waals surface area contributed by atoms with E-state index < -0.39 is 23.1 Å². The third-order valence-electron chi connectivity index (χ3n) is 3.35. The van der Waals surface area contributed by atoms with Crippen molar-refractivity contribution in [1.82, 2.24) is 4.90 Å². The van der Waals surface area contributed by atoms with E-state index in [4.69, 9.17) is 4.74 Å². The first-order valence-electron chi connectivity index (χ1n) is 6.58. The third-order valence-corrected chi connectivity index (χ3v) is 3.81. The minimum absolute atomic E-state index is 0.128. The number of amides is 1. The number of hydrogen-bond donors (Lipinski definition) is 0. The third kappa shape index (κ3) is 3.35. The lowest BCUT2D eigenvalue weighted by atomic mass is 10.1. The predicted octanol–water partition coefficient (Wildman–Crippen LogP) is 3.37. The van der Waals surface area contributed by atoms with Gasteiger partial charge in [0.2, 0.25) is 0 Å². The fourth-order valence-electron chi connectivity index (χ4n) is 2.37. The number of hydrogen-bond acceptors (Lipinski definition) is 2. The number of carbonyl (C=O) groups is 1. The van der Waals surface area contributed by atoms with Gasteiger partial charge in [-0.2, -0.15) is 0 Å². The molecule has 6 heteroatoms. The summed E-state index contributed by atoms with van der Waals surface area (Å²) in [5.41, 5.74) is -0.483. The first kappa shape index (κ1) is 15.4. The van der Waals surface area contributed by atoms with Gasteiger partial charge in [0.15, 0.2) is 0 Å². The van der Waals surface area contributed by atoms with E-state index in [0.29, 0.717) is 32.5 Å². The van der Waals surface area contributed by atoms with Crippen LogP contribution in [0.25, 0.3) is 0 Å². The van der Waals surface area contributed by atoms with Crippen molar-refractivity contribution in [3.63, 3.8) is 0 Å². The lowest BCUT2D eigenvalue weighted by Gasteiger charge is -2.32. The van der Waals surface area contributed by atoms with Crippen molar-refractivity contribution in [1.29, 1.82) is 0 Å². The van der Waals surface area contributed by atoms with Crippen LogP contribution in [0.4, 0.5) is 8.78 Å². The maximum Gasteiger partial charge on any atom is 0.259 e. The number of rotatable bonds is 3. The summed E-state index contributed by atoms with van der Waals surface area (Å²) in [6.07, 6.45) is 1.52. The molecule has 0 saturated carbocycles. The quantitative estimate of drug-likeness (QED) is 0.838. The van der Waals surface area contributed by atoms with Crippen LogP contribution < -0.4 is 0 Å². The number of benzene rings is 1. The van der Waals surface area contributed by atoms with Crippen LogP contribution in [0, 0.1) is 11.6 Å². The van der Waals surface area contributed by atoms with Gasteiger partial charge in [-0.05, 0) is 31.9 Å². The van der Waals surface area contributed by atoms with Crippen LogP contribution in [-0.4, -0.2) is 36.6 Å². The molecular weight excluding hydrogens is 332 g/mol. The Morgan fingerprint density at radius 1 is 1.35 bits per heavy atom. The Morgan fingerprint density at radius 2 is 1.90 bits per heavy atom. The Hall–Kier alpha value is -1.01. The predicted molar refractivity (Wildman–Crippen MR) is 74.6 cm³/mol. The SMILES string of the molecule is CCOC1CCN(C(=O)c2c(F)cc(Br)cc2F)CC1. The van der Waals surface area contributed by atoms with Gasteiger partial charge in [-0.1, -0.05) is 15.9 Å². The maximum atomic E-state index is 13.8. The lowest BCUT2D eigenvalue weighted by molar-refractivity contribution is 0.0143. The van der Waals surface area contributed by atoms with Crippen molar-refractivity contribution in [2.75, 3.05) is 19.7 Å². The lowest BCUT2D eigenvalue weighted by Crippen LogP contribution is -2.41. The largest absolute Gasteiger partial charge is 0.378 e. The summed E-state index contributed by atoms with van der Waals surface area (Å²) in [7, 11) is 0. The van der Waals surface area contributed by atoms with E-state index >= 15 is 0 Å². The molecule has 1 amide bonds. The molecular formula is C14H16BrF2NO2. The molecule has 2 rings (SSSR count). The molecule has 1 aromatic rings. The van der Waals surface area contributed by atoms with Gasteiger partial charge in [0.25, 0.3) is 5.91 Å². The van der Waals surface area contributed by atoms with Crippen molar-refractivity contribution in [2.24, 2.45) is 0 Å². The molecule has 20 heavy (non-hydrogen) atoms. The molecule has 0 aliphatic carbocycles. The Labute approximate surface area is 125 Å². The highest BCUT2D eigenvalue weighted by molar-refractivity contribution is 9.10. The molecule has 0 spiro atoms. The minimum atomic E-state index is -0.839. The van der Waals surface area contributed by atoms with Crippen LogP contribution in [0.2, 0.25) is 0 Å². The molecule has 1 aliphatic heterocycles. The van der Waals surface area contributed by atoms with Crippen molar-refractivity contribution in [2.45, 2.75) is 25.9 Å². The minimum Gasteiger partial charge on any atom is -0.378 e. The zero-order valence-corrected chi connectivity index (χ0v) is 12.8. The normalized spacial score (nSPS) is 16.5. The number of likely N-dealkylation sites (tertiary alicyclic amines) is 1. The molecule has 0 bridgehead atoms. The molecule has 1 aromatic carbocycles. The van der Waals surface area contributed by atoms with Gasteiger partial charge in [0, 0.05) is 24.2 Å². The zero-order valence-electron chi connectivity index (χ0n) is 11.2. The molecule has 0 N–H and O–H groups in total. The average Bonchev–Trinajstić information content (AvgIpc) is 2.38. The van der Waals surface area contributed by atoms with Crippen molar-refractivity contribution in [3.8, 4) is 0 Å². The average molecular weight is 348 g/mol. The number of halogens is 3. The van der Waals surface area contributed by atoms with Crippen LogP contribution >= 0.6 is 15.9 Å². The van der Waals surface area contributed by atoms with Gasteiger partial charge in [0.1, 0.15) is 17.2 Å². The van der Waals surface area contributed by atoms with E-state index in [2.05, 4.69) is 15.9 Å². The molecule has 110 valence electrons. The Balaban J connectivity index is 2.10. The van der Waals surface area contributed by atoms with Gasteiger partial charge in [-0.25, -0.2) is 8.78 Å². The van der Waals surface area contributed by atoms with Crippen LogP contribution in [0.3, 0.4) is 0 Å². The fraction of sp³-hybridized carbons (Fsp3) is 0.500. The topological polar surface area (TPSA) is 29.5 Å². The van der Waals surface area contributed by atoms with Crippen LogP contribution in [0.1, 0.15) is 30.1 Å². The van der Waals surface area contributed by atoms with E-state index in [0.717, 1.165) is 12.1 Å². The first-order valence-corrected chi connectivity index (χ1v) is 7.37. The van der Waals surface area contributed by atoms with Crippen LogP contribution in [0.5, 0.6) is 0 Å². The molecule has 1 aliphatic rings. The second-order valence-electron chi connectivity index (χ2n) is 4.69. The Morgan fingerprint density at radius 3 is 2.40 bits per heavy atom. The Kier molecular flexibility index (Phi) is 5.10. The summed E-state index contributed by atoms with van der Waals surface area (Å²) in [4.78, 5) is 13.7. The highest BCUT2D eigenvalue weighted by atomic mass is 79.9. The van der Waals surface area contributed by atoms with Gasteiger partial charge in [0.05, 0.1) is 6.10 Å². The maximum absolute atomic E-state index is 13.8. The summed E-state index contributed by atoms with van der Waals surface area (Å²) in [6, 6.07) is 2.20. The number of ether oxygens (including phenoxy) is 1. The molecule has 0 radical (unpaired) electrons. The number of carbonyl (C=O) groups excluding carboxylic acids is 1.